The molecule has 1 saturated heterocycles. The topological polar surface area (TPSA) is 60.9 Å². The van der Waals surface area contributed by atoms with Gasteiger partial charge in [-0.05, 0) is 38.0 Å². The summed E-state index contributed by atoms with van der Waals surface area (Å²) in [7, 11) is 0. The molecule has 2 rings (SSSR count). The maximum absolute atomic E-state index is 12.7. The third-order valence-corrected chi connectivity index (χ3v) is 4.42. The summed E-state index contributed by atoms with van der Waals surface area (Å²) in [6.45, 7) is 5.39. The number of carbonyl (C=O) groups excluding carboxylic acids is 1. The van der Waals surface area contributed by atoms with Crippen molar-refractivity contribution in [3.63, 3.8) is 0 Å². The van der Waals surface area contributed by atoms with Crippen molar-refractivity contribution < 1.29 is 14.7 Å². The highest BCUT2D eigenvalue weighted by atomic mass is 16.4. The minimum atomic E-state index is -0.864. The van der Waals surface area contributed by atoms with Gasteiger partial charge < -0.3 is 14.9 Å². The van der Waals surface area contributed by atoms with Crippen molar-refractivity contribution in [2.45, 2.75) is 64.5 Å². The number of aliphatic carboxylic acids is 1. The minimum Gasteiger partial charge on any atom is -0.480 e. The van der Waals surface area contributed by atoms with E-state index in [1.54, 1.807) is 4.90 Å². The van der Waals surface area contributed by atoms with Crippen molar-refractivity contribution in [3.05, 3.63) is 0 Å². The Bertz CT molecular complexity index is 368. The average Bonchev–Trinajstić information content (AvgIpc) is 3.22. The highest BCUT2D eigenvalue weighted by molar-refractivity contribution is 5.83. The normalized spacial score (nSPS) is 26.4. The fourth-order valence-electron chi connectivity index (χ4n) is 3.09. The van der Waals surface area contributed by atoms with Crippen LogP contribution in [-0.2, 0) is 4.79 Å². The maximum atomic E-state index is 12.7. The van der Waals surface area contributed by atoms with Crippen LogP contribution in [0.4, 0.5) is 4.79 Å². The zero-order valence-electron chi connectivity index (χ0n) is 12.5. The van der Waals surface area contributed by atoms with Crippen LogP contribution in [0.15, 0.2) is 0 Å². The quantitative estimate of drug-likeness (QED) is 0.843. The van der Waals surface area contributed by atoms with Crippen molar-refractivity contribution >= 4 is 12.0 Å². The molecule has 0 aromatic carbocycles. The SMILES string of the molecule is CCCCN(C(=O)N1CCCC(C)C1C(=O)O)C1CC1. The molecule has 1 N–H and O–H groups in total. The van der Waals surface area contributed by atoms with Gasteiger partial charge in [-0.25, -0.2) is 9.59 Å². The lowest BCUT2D eigenvalue weighted by molar-refractivity contribution is -0.145. The number of hydrogen-bond donors (Lipinski definition) is 1. The van der Waals surface area contributed by atoms with Crippen LogP contribution in [0.2, 0.25) is 0 Å². The Labute approximate surface area is 120 Å². The molecule has 20 heavy (non-hydrogen) atoms. The Balaban J connectivity index is 2.09. The van der Waals surface area contributed by atoms with Crippen LogP contribution < -0.4 is 0 Å². The van der Waals surface area contributed by atoms with Gasteiger partial charge in [0.25, 0.3) is 0 Å². The second-order valence-corrected chi connectivity index (χ2v) is 6.16. The van der Waals surface area contributed by atoms with E-state index in [9.17, 15) is 14.7 Å². The molecule has 2 atom stereocenters. The lowest BCUT2D eigenvalue weighted by Gasteiger charge is -2.40. The molecule has 1 aliphatic heterocycles. The molecule has 0 radical (unpaired) electrons. The largest absolute Gasteiger partial charge is 0.480 e. The predicted molar refractivity (Wildman–Crippen MR) is 76.6 cm³/mol. The predicted octanol–water partition coefficient (Wildman–Crippen LogP) is 2.56. The third kappa shape index (κ3) is 3.25. The lowest BCUT2D eigenvalue weighted by atomic mass is 9.91. The monoisotopic (exact) mass is 282 g/mol. The molecule has 2 unspecified atom stereocenters. The molecule has 1 aliphatic carbocycles. The van der Waals surface area contributed by atoms with E-state index in [1.807, 2.05) is 11.8 Å². The van der Waals surface area contributed by atoms with E-state index in [1.165, 1.54) is 0 Å². The molecular formula is C15H26N2O3. The van der Waals surface area contributed by atoms with Crippen molar-refractivity contribution in [1.29, 1.82) is 0 Å². The molecule has 0 aromatic rings. The molecular weight excluding hydrogens is 256 g/mol. The number of carboxylic acids is 1. The highest BCUT2D eigenvalue weighted by Crippen LogP contribution is 2.31. The highest BCUT2D eigenvalue weighted by Gasteiger charge is 2.41. The maximum Gasteiger partial charge on any atom is 0.326 e. The summed E-state index contributed by atoms with van der Waals surface area (Å²) in [4.78, 5) is 27.7. The lowest BCUT2D eigenvalue weighted by Crippen LogP contribution is -2.56. The summed E-state index contributed by atoms with van der Waals surface area (Å²) < 4.78 is 0. The molecule has 0 spiro atoms. The molecule has 114 valence electrons. The van der Waals surface area contributed by atoms with Crippen LogP contribution in [0.1, 0.15) is 52.4 Å². The zero-order chi connectivity index (χ0) is 14.7. The number of amides is 2. The fourth-order valence-corrected chi connectivity index (χ4v) is 3.09. The van der Waals surface area contributed by atoms with Gasteiger partial charge in [-0.15, -0.1) is 0 Å². The first-order chi connectivity index (χ1) is 9.56. The second-order valence-electron chi connectivity index (χ2n) is 6.16. The van der Waals surface area contributed by atoms with Crippen LogP contribution in [-0.4, -0.2) is 52.1 Å². The van der Waals surface area contributed by atoms with Crippen LogP contribution in [0.25, 0.3) is 0 Å². The Kier molecular flexibility index (Phi) is 4.89. The van der Waals surface area contributed by atoms with Crippen LogP contribution in [0, 0.1) is 5.92 Å². The molecule has 2 aliphatic rings. The summed E-state index contributed by atoms with van der Waals surface area (Å²) in [6.07, 6.45) is 5.97. The van der Waals surface area contributed by atoms with Crippen molar-refractivity contribution in [1.82, 2.24) is 9.80 Å². The number of carboxylic acid groups (broad SMARTS) is 1. The Hall–Kier alpha value is -1.26. The summed E-state index contributed by atoms with van der Waals surface area (Å²) in [6, 6.07) is -0.361. The molecule has 0 bridgehead atoms. The Morgan fingerprint density at radius 3 is 2.55 bits per heavy atom. The van der Waals surface area contributed by atoms with E-state index < -0.39 is 12.0 Å². The van der Waals surface area contributed by atoms with E-state index in [4.69, 9.17) is 0 Å². The van der Waals surface area contributed by atoms with E-state index in [-0.39, 0.29) is 11.9 Å². The van der Waals surface area contributed by atoms with Gasteiger partial charge in [-0.3, -0.25) is 0 Å². The summed E-state index contributed by atoms with van der Waals surface area (Å²) in [5.41, 5.74) is 0. The van der Waals surface area contributed by atoms with Gasteiger partial charge in [-0.1, -0.05) is 20.3 Å². The van der Waals surface area contributed by atoms with Crippen LogP contribution >= 0.6 is 0 Å². The summed E-state index contributed by atoms with van der Waals surface area (Å²) in [5.74, 6) is -0.825. The standard InChI is InChI=1S/C15H26N2O3/c1-3-4-9-16(12-7-8-12)15(20)17-10-5-6-11(2)13(17)14(18)19/h11-13H,3-10H2,1-2H3,(H,18,19). The van der Waals surface area contributed by atoms with Crippen LogP contribution in [0.5, 0.6) is 0 Å². The first-order valence-electron chi connectivity index (χ1n) is 7.86. The molecule has 1 saturated carbocycles. The molecule has 5 nitrogen and oxygen atoms in total. The average molecular weight is 282 g/mol. The van der Waals surface area contributed by atoms with E-state index in [0.29, 0.717) is 12.6 Å². The number of piperidine rings is 1. The number of likely N-dealkylation sites (tertiary alicyclic amines) is 1. The van der Waals surface area contributed by atoms with E-state index in [0.717, 1.165) is 45.1 Å². The van der Waals surface area contributed by atoms with Gasteiger partial charge in [0.2, 0.25) is 0 Å². The first-order valence-corrected chi connectivity index (χ1v) is 7.86. The van der Waals surface area contributed by atoms with Crippen molar-refractivity contribution in [2.75, 3.05) is 13.1 Å². The minimum absolute atomic E-state index is 0.0393. The number of carbonyl (C=O) groups is 2. The van der Waals surface area contributed by atoms with Gasteiger partial charge in [0.15, 0.2) is 0 Å². The van der Waals surface area contributed by atoms with Gasteiger partial charge in [0.1, 0.15) is 6.04 Å². The van der Waals surface area contributed by atoms with E-state index in [2.05, 4.69) is 6.92 Å². The smallest absolute Gasteiger partial charge is 0.326 e. The summed E-state index contributed by atoms with van der Waals surface area (Å²) in [5, 5.41) is 9.43. The number of hydrogen-bond acceptors (Lipinski definition) is 2. The third-order valence-electron chi connectivity index (χ3n) is 4.42. The van der Waals surface area contributed by atoms with Gasteiger partial charge in [0.05, 0.1) is 0 Å². The van der Waals surface area contributed by atoms with Gasteiger partial charge in [-0.2, -0.15) is 0 Å². The number of nitrogens with zero attached hydrogens (tertiary/aromatic N) is 2. The molecule has 0 aromatic heterocycles. The van der Waals surface area contributed by atoms with Crippen molar-refractivity contribution in [3.8, 4) is 0 Å². The number of urea groups is 1. The first kappa shape index (κ1) is 15.1. The van der Waals surface area contributed by atoms with E-state index >= 15 is 0 Å². The van der Waals surface area contributed by atoms with Gasteiger partial charge in [0, 0.05) is 19.1 Å². The number of unbranched alkanes of at least 4 members (excludes halogenated alkanes) is 1. The zero-order valence-corrected chi connectivity index (χ0v) is 12.5. The molecule has 1 heterocycles. The second kappa shape index (κ2) is 6.46. The van der Waals surface area contributed by atoms with Crippen molar-refractivity contribution in [2.24, 2.45) is 5.92 Å². The molecule has 5 heteroatoms. The Morgan fingerprint density at radius 1 is 1.30 bits per heavy atom. The fraction of sp³-hybridized carbons (Fsp3) is 0.867. The Morgan fingerprint density at radius 2 is 2.00 bits per heavy atom. The summed E-state index contributed by atoms with van der Waals surface area (Å²) >= 11 is 0. The molecule has 2 fully saturated rings. The number of rotatable bonds is 5. The van der Waals surface area contributed by atoms with Gasteiger partial charge >= 0.3 is 12.0 Å². The van der Waals surface area contributed by atoms with Crippen LogP contribution in [0.3, 0.4) is 0 Å². The molecule has 2 amide bonds.